The van der Waals surface area contributed by atoms with Gasteiger partial charge >= 0.3 is 0 Å². The molecule has 2 fully saturated rings. The summed E-state index contributed by atoms with van der Waals surface area (Å²) in [7, 11) is 8.22. The normalized spacial score (nSPS) is 27.4. The molecule has 31 heavy (non-hydrogen) atoms. The molecule has 2 saturated heterocycles. The van der Waals surface area contributed by atoms with Crippen LogP contribution in [-0.4, -0.2) is 52.3 Å². The maximum atomic E-state index is 6.24. The fraction of sp³-hybridized carbons (Fsp3) is 0.538. The van der Waals surface area contributed by atoms with Crippen LogP contribution in [0.25, 0.3) is 11.1 Å². The fourth-order valence-corrected chi connectivity index (χ4v) is 10.9. The van der Waals surface area contributed by atoms with Gasteiger partial charge in [0, 0.05) is 63.1 Å². The number of benzene rings is 2. The second-order valence-corrected chi connectivity index (χ2v) is 13.9. The van der Waals surface area contributed by atoms with E-state index in [2.05, 4.69) is 95.2 Å². The third-order valence-corrected chi connectivity index (χ3v) is 11.0. The van der Waals surface area contributed by atoms with Gasteiger partial charge in [-0.1, -0.05) is 53.0 Å². The second kappa shape index (κ2) is 6.94. The van der Waals surface area contributed by atoms with Crippen molar-refractivity contribution in [2.24, 2.45) is 0 Å². The summed E-state index contributed by atoms with van der Waals surface area (Å²) >= 11 is 0. The van der Waals surface area contributed by atoms with E-state index < -0.39 is 5.79 Å². The summed E-state index contributed by atoms with van der Waals surface area (Å²) in [5.74, 6) is -0.402. The molecule has 3 heterocycles. The van der Waals surface area contributed by atoms with Gasteiger partial charge in [0.15, 0.2) is 5.79 Å². The molecule has 0 aromatic heterocycles. The van der Waals surface area contributed by atoms with Gasteiger partial charge in [-0.3, -0.25) is 0 Å². The third kappa shape index (κ3) is 2.98. The highest BCUT2D eigenvalue weighted by Gasteiger charge is 2.64. The van der Waals surface area contributed by atoms with Crippen LogP contribution in [0.2, 0.25) is 0 Å². The zero-order valence-electron chi connectivity index (χ0n) is 20.0. The van der Waals surface area contributed by atoms with Crippen LogP contribution in [0.4, 0.5) is 11.4 Å². The predicted molar refractivity (Wildman–Crippen MR) is 132 cm³/mol. The highest BCUT2D eigenvalue weighted by Crippen LogP contribution is 2.78. The van der Waals surface area contributed by atoms with Gasteiger partial charge in [0.05, 0.1) is 13.2 Å². The lowest BCUT2D eigenvalue weighted by Gasteiger charge is -2.63. The standard InChI is InChI=1S/C26H35N2O2P/c1-24(2)16-26(29-14-15-30-26)17-25(3)19-11-8-10-18(23(19)31(24)25)22-20(27(4)5)12-9-13-21(22)28(6)7/h8-13H,14-17H2,1-7H3. The van der Waals surface area contributed by atoms with E-state index in [9.17, 15) is 0 Å². The minimum atomic E-state index is -0.402. The summed E-state index contributed by atoms with van der Waals surface area (Å²) in [5, 5.41) is 1.88. The number of nitrogens with zero attached hydrogens (tertiary/aromatic N) is 2. The summed E-state index contributed by atoms with van der Waals surface area (Å²) in [6, 6.07) is 13.6. The van der Waals surface area contributed by atoms with Crippen LogP contribution in [0.5, 0.6) is 0 Å². The van der Waals surface area contributed by atoms with Gasteiger partial charge in [0.2, 0.25) is 0 Å². The quantitative estimate of drug-likeness (QED) is 0.620. The maximum absolute atomic E-state index is 6.24. The molecule has 0 bridgehead atoms. The first-order valence-electron chi connectivity index (χ1n) is 11.3. The third-order valence-electron chi connectivity index (χ3n) is 7.32. The molecule has 0 amide bonds. The van der Waals surface area contributed by atoms with Gasteiger partial charge in [-0.2, -0.15) is 0 Å². The minimum Gasteiger partial charge on any atom is -0.377 e. The van der Waals surface area contributed by atoms with E-state index in [1.54, 1.807) is 5.30 Å². The van der Waals surface area contributed by atoms with E-state index in [4.69, 9.17) is 9.47 Å². The minimum absolute atomic E-state index is 0.137. The van der Waals surface area contributed by atoms with Crippen molar-refractivity contribution in [1.29, 1.82) is 0 Å². The fourth-order valence-electron chi connectivity index (χ4n) is 6.46. The molecular formula is C26H35N2O2P. The van der Waals surface area contributed by atoms with Crippen molar-refractivity contribution in [2.45, 2.75) is 49.7 Å². The molecule has 4 nitrogen and oxygen atoms in total. The van der Waals surface area contributed by atoms with Crippen molar-refractivity contribution in [1.82, 2.24) is 0 Å². The van der Waals surface area contributed by atoms with E-state index in [0.29, 0.717) is 0 Å². The number of ether oxygens (including phenoxy) is 2. The van der Waals surface area contributed by atoms with Gasteiger partial charge in [0.1, 0.15) is 0 Å². The van der Waals surface area contributed by atoms with Crippen molar-refractivity contribution in [3.05, 3.63) is 42.0 Å². The molecule has 2 atom stereocenters. The zero-order valence-corrected chi connectivity index (χ0v) is 20.8. The van der Waals surface area contributed by atoms with Crippen LogP contribution < -0.4 is 15.1 Å². The van der Waals surface area contributed by atoms with Crippen molar-refractivity contribution >= 4 is 24.6 Å². The zero-order chi connectivity index (χ0) is 22.2. The molecular weight excluding hydrogens is 403 g/mol. The summed E-state index contributed by atoms with van der Waals surface area (Å²) in [4.78, 5) is 4.49. The second-order valence-electron chi connectivity index (χ2n) is 10.5. The smallest absolute Gasteiger partial charge is 0.170 e. The Balaban J connectivity index is 1.72. The van der Waals surface area contributed by atoms with Crippen LogP contribution in [0, 0.1) is 0 Å². The monoisotopic (exact) mass is 438 g/mol. The van der Waals surface area contributed by atoms with Crippen molar-refractivity contribution < 1.29 is 9.47 Å². The average molecular weight is 439 g/mol. The first kappa shape index (κ1) is 21.2. The Bertz CT molecular complexity index is 1000. The van der Waals surface area contributed by atoms with E-state index in [1.165, 1.54) is 28.1 Å². The van der Waals surface area contributed by atoms with Gasteiger partial charge in [0.25, 0.3) is 0 Å². The Kier molecular flexibility index (Phi) is 4.76. The van der Waals surface area contributed by atoms with Crippen molar-refractivity contribution in [2.75, 3.05) is 51.2 Å². The van der Waals surface area contributed by atoms with Crippen LogP contribution in [0.15, 0.2) is 36.4 Å². The number of rotatable bonds is 3. The van der Waals surface area contributed by atoms with Crippen LogP contribution >= 0.6 is 7.92 Å². The molecule has 166 valence electrons. The van der Waals surface area contributed by atoms with Crippen LogP contribution in [-0.2, 0) is 14.6 Å². The molecule has 1 spiro atoms. The highest BCUT2D eigenvalue weighted by molar-refractivity contribution is 7.71. The van der Waals surface area contributed by atoms with E-state index >= 15 is 0 Å². The number of hydrogen-bond acceptors (Lipinski definition) is 4. The molecule has 5 rings (SSSR count). The molecule has 2 aromatic rings. The van der Waals surface area contributed by atoms with E-state index in [0.717, 1.165) is 26.1 Å². The first-order valence-corrected chi connectivity index (χ1v) is 12.6. The Morgan fingerprint density at radius 3 is 1.97 bits per heavy atom. The Hall–Kier alpha value is -1.61. The molecule has 2 unspecified atom stereocenters. The Labute approximate surface area is 188 Å². The number of anilines is 2. The lowest BCUT2D eigenvalue weighted by Crippen LogP contribution is -2.58. The molecule has 3 aliphatic rings. The highest BCUT2D eigenvalue weighted by atomic mass is 31.1. The van der Waals surface area contributed by atoms with E-state index in [1.807, 2.05) is 0 Å². The van der Waals surface area contributed by atoms with Crippen molar-refractivity contribution in [3.63, 3.8) is 0 Å². The maximum Gasteiger partial charge on any atom is 0.170 e. The number of hydrogen-bond donors (Lipinski definition) is 0. The van der Waals surface area contributed by atoms with E-state index in [-0.39, 0.29) is 18.2 Å². The van der Waals surface area contributed by atoms with Crippen molar-refractivity contribution in [3.8, 4) is 11.1 Å². The SMILES string of the molecule is CN(C)c1cccc(N(C)C)c1-c1cccc2c1P1C(C)(C)CC3(CC21C)OCCO3. The molecule has 5 heteroatoms. The molecule has 2 aromatic carbocycles. The largest absolute Gasteiger partial charge is 0.377 e. The van der Waals surface area contributed by atoms with Gasteiger partial charge in [-0.05, 0) is 33.7 Å². The van der Waals surface area contributed by atoms with Gasteiger partial charge in [-0.25, -0.2) is 0 Å². The van der Waals surface area contributed by atoms with Crippen LogP contribution in [0.3, 0.4) is 0 Å². The summed E-state index contributed by atoms with van der Waals surface area (Å²) < 4.78 is 12.5. The molecule has 0 N–H and O–H groups in total. The molecule has 0 aliphatic carbocycles. The Morgan fingerprint density at radius 1 is 0.806 bits per heavy atom. The molecule has 0 saturated carbocycles. The predicted octanol–water partition coefficient (Wildman–Crippen LogP) is 5.14. The van der Waals surface area contributed by atoms with Gasteiger partial charge in [-0.15, -0.1) is 0 Å². The topological polar surface area (TPSA) is 24.9 Å². The van der Waals surface area contributed by atoms with Crippen LogP contribution in [0.1, 0.15) is 39.2 Å². The molecule has 3 aliphatic heterocycles. The lowest BCUT2D eigenvalue weighted by molar-refractivity contribution is -0.180. The summed E-state index contributed by atoms with van der Waals surface area (Å²) in [6.45, 7) is 8.78. The summed E-state index contributed by atoms with van der Waals surface area (Å²) in [6.07, 6.45) is 1.95. The van der Waals surface area contributed by atoms with Gasteiger partial charge < -0.3 is 19.3 Å². The number of fused-ring (bicyclic) bond motifs is 4. The first-order chi connectivity index (χ1) is 14.6. The lowest BCUT2D eigenvalue weighted by atomic mass is 9.83. The average Bonchev–Trinajstić information content (AvgIpc) is 3.12. The summed E-state index contributed by atoms with van der Waals surface area (Å²) in [5.41, 5.74) is 6.81. The molecule has 0 radical (unpaired) electrons. The Morgan fingerprint density at radius 2 is 1.39 bits per heavy atom.